The van der Waals surface area contributed by atoms with Gasteiger partial charge >= 0.3 is 11.9 Å². The molecule has 1 saturated heterocycles. The van der Waals surface area contributed by atoms with Gasteiger partial charge in [-0.25, -0.2) is 4.98 Å². The number of carboxylic acids is 2. The number of unbranched alkanes of at least 4 members (excludes halogenated alkanes) is 2. The minimum absolute atomic E-state index is 0.0310. The summed E-state index contributed by atoms with van der Waals surface area (Å²) in [5.41, 5.74) is 19.5. The molecule has 0 bridgehead atoms. The molecule has 0 saturated carbocycles. The maximum Gasteiger partial charge on any atom is 0.303 e. The van der Waals surface area contributed by atoms with Crippen LogP contribution in [0.2, 0.25) is 0 Å². The molecule has 49 heteroatoms. The number of carboxylic acid groups (broad SMARTS) is 2. The van der Waals surface area contributed by atoms with Gasteiger partial charge in [0.25, 0.3) is 0 Å². The topological polar surface area (TPSA) is 743 Å². The highest BCUT2D eigenvalue weighted by molar-refractivity contribution is 7.80. The Morgan fingerprint density at radius 1 is 0.410 bits per heavy atom. The van der Waals surface area contributed by atoms with Crippen LogP contribution in [0.25, 0.3) is 21.8 Å². The molecule has 1 fully saturated rings. The lowest BCUT2D eigenvalue weighted by Crippen LogP contribution is -2.61. The third kappa shape index (κ3) is 35.9. The zero-order valence-corrected chi connectivity index (χ0v) is 77.3. The zero-order chi connectivity index (χ0) is 99.0. The average molecular weight is 1910 g/mol. The SMILES string of the molecule is CC(C)C[C@@H]1NC(=O)[C@H](Cc2c[nH]c3ccccc23)NC(=O)[C@H](C)NC(=O)[C@H](Cc2c[nH]c3ccccc23)NC(=O)[C@H](CCC(=O)O)NC(=O)[C@H](Cc2cnc[nH]2)NC(=O)[C@H](CCCNC(=N)N)NC(=O)[C@H](C)NC(=O)[C@H](CCC(=O)O)NC(=O)[C@H](CS)NC(=O)[C@H](C)NC(=O)CNC(=O)[C@H](CCCCN)NC(=O)[C@H](CCCCN)NC(=O)[C@H](C)NC(=O)[C@H](C)NC(=O)[C@H](CS)NC1=O. The first-order chi connectivity index (χ1) is 63.6. The van der Waals surface area contributed by atoms with E-state index in [2.05, 4.69) is 141 Å². The van der Waals surface area contributed by atoms with Crippen LogP contribution in [-0.2, 0) is 110 Å². The van der Waals surface area contributed by atoms with Gasteiger partial charge in [0.05, 0.1) is 12.9 Å². The number of nitrogens with two attached hydrogens (primary N) is 3. The molecule has 0 radical (unpaired) electrons. The summed E-state index contributed by atoms with van der Waals surface area (Å²) in [5, 5.41) is 74.1. The molecule has 6 rings (SSSR count). The Bertz CT molecular complexity index is 4940. The summed E-state index contributed by atoms with van der Waals surface area (Å²) in [6, 6.07) is -11.1. The molecule has 47 nitrogen and oxygen atoms in total. The lowest BCUT2D eigenvalue weighted by molar-refractivity contribution is -0.139. The average Bonchev–Trinajstić information content (AvgIpc) is 1.70. The monoisotopic (exact) mass is 1910 g/mol. The van der Waals surface area contributed by atoms with Crippen molar-refractivity contribution in [3.63, 3.8) is 0 Å². The van der Waals surface area contributed by atoms with E-state index in [4.69, 9.17) is 22.6 Å². The van der Waals surface area contributed by atoms with Crippen molar-refractivity contribution in [3.05, 3.63) is 90.3 Å². The van der Waals surface area contributed by atoms with Crippen molar-refractivity contribution in [2.75, 3.05) is 37.7 Å². The summed E-state index contributed by atoms with van der Waals surface area (Å²) in [6.07, 6.45) is 2.70. The quantitative estimate of drug-likeness (QED) is 0.00961. The Morgan fingerprint density at radius 2 is 0.731 bits per heavy atom. The summed E-state index contributed by atoms with van der Waals surface area (Å²) >= 11 is 8.53. The Hall–Kier alpha value is -13.4. The molecule has 1 aliphatic rings. The van der Waals surface area contributed by atoms with Gasteiger partial charge < -0.3 is 138 Å². The number of amides is 17. The fourth-order valence-electron chi connectivity index (χ4n) is 14.1. The number of para-hydroxylation sites is 2. The fraction of sp³-hybridized carbons (Fsp3) is 0.541. The van der Waals surface area contributed by atoms with E-state index in [1.807, 2.05) is 0 Å². The fourth-order valence-corrected chi connectivity index (χ4v) is 14.6. The second kappa shape index (κ2) is 55.1. The van der Waals surface area contributed by atoms with Gasteiger partial charge in [-0.3, -0.25) is 96.5 Å². The largest absolute Gasteiger partial charge is 0.481 e. The molecular formula is C85H126N26O21S2. The molecule has 16 atom stereocenters. The molecule has 4 heterocycles. The summed E-state index contributed by atoms with van der Waals surface area (Å²) < 4.78 is 0. The third-order valence-corrected chi connectivity index (χ3v) is 22.3. The number of nitrogens with zero attached hydrogens (tertiary/aromatic N) is 1. The zero-order valence-electron chi connectivity index (χ0n) is 75.5. The van der Waals surface area contributed by atoms with Crippen molar-refractivity contribution in [1.82, 2.24) is 116 Å². The number of carbonyl (C=O) groups excluding carboxylic acids is 17. The van der Waals surface area contributed by atoms with Gasteiger partial charge in [-0.15, -0.1) is 0 Å². The van der Waals surface area contributed by atoms with Crippen LogP contribution in [0, 0.1) is 11.3 Å². The van der Waals surface area contributed by atoms with E-state index in [1.54, 1.807) is 74.8 Å². The molecule has 134 heavy (non-hydrogen) atoms. The van der Waals surface area contributed by atoms with Gasteiger partial charge in [0.1, 0.15) is 96.7 Å². The van der Waals surface area contributed by atoms with Gasteiger partial charge in [0.2, 0.25) is 100 Å². The lowest BCUT2D eigenvalue weighted by Gasteiger charge is -2.28. The van der Waals surface area contributed by atoms with E-state index in [9.17, 15) is 86.9 Å². The molecule has 30 N–H and O–H groups in total. The van der Waals surface area contributed by atoms with E-state index in [1.165, 1.54) is 40.2 Å². The second-order valence-corrected chi connectivity index (χ2v) is 33.7. The Labute approximate surface area is 782 Å². The van der Waals surface area contributed by atoms with Crippen LogP contribution in [-0.4, -0.2) is 283 Å². The molecule has 5 aromatic rings. The predicted octanol–water partition coefficient (Wildman–Crippen LogP) is -5.46. The van der Waals surface area contributed by atoms with Crippen molar-refractivity contribution >= 4 is 165 Å². The van der Waals surface area contributed by atoms with Crippen LogP contribution in [0.3, 0.4) is 0 Å². The predicted molar refractivity (Wildman–Crippen MR) is 494 cm³/mol. The van der Waals surface area contributed by atoms with Crippen LogP contribution < -0.4 is 113 Å². The summed E-state index contributed by atoms with van der Waals surface area (Å²) in [5.74, 6) is -21.6. The van der Waals surface area contributed by atoms with Crippen molar-refractivity contribution in [1.29, 1.82) is 5.41 Å². The third-order valence-electron chi connectivity index (χ3n) is 21.6. The standard InChI is InChI=1S/C85H126N26O21S2/c1-42(2)31-60-80(128)111-64(39-133)83(131)100-44(4)69(117)97-45(5)71(119)101-56(22-13-15-29-87)76(124)103-55(21-12-14-28-86)74(122)94-38-66(112)96-43(3)70(118)110-65(40-134)84(132)105-58(24-26-67(113)114)75(123)98-46(6)72(120)102-57(23-16-30-91-85(88)89)77(125)109-63(34-50-37-90-41-95-50)82(130)104-59(25-27-68(115)116)78(126)108-61(32-48-35-92-53-19-10-8-17-51(48)53)79(127)99-47(7)73(121)106-62(81(129)107-60)33-49-36-93-54-20-11-9-18-52(49)54/h8-11,17-20,35-37,41-47,55-65,92-93,133-134H,12-16,21-34,38-40,86-87H2,1-7H3,(H,90,95)(H,94,122)(H,96,112)(H,97,117)(H,98,123)(H,99,127)(H,100,131)(H,101,119)(H,102,120)(H,103,124)(H,104,130)(H,105,132)(H,106,121)(H,107,129)(H,108,126)(H,109,125)(H,110,118)(H,111,128)(H,113,114)(H,115,116)(H4,88,89,91)/t43-,44-,45-,46-,47-,55-,56-,57-,58-,59-,60-,61-,62-,63-,64-,65-/m0/s1. The number of fused-ring (bicyclic) bond motifs is 2. The smallest absolute Gasteiger partial charge is 0.303 e. The first kappa shape index (κ1) is 109. The number of aromatic nitrogens is 4. The highest BCUT2D eigenvalue weighted by Crippen LogP contribution is 2.23. The van der Waals surface area contributed by atoms with Gasteiger partial charge in [0.15, 0.2) is 5.96 Å². The molecule has 734 valence electrons. The number of imidazole rings is 1. The number of thiol groups is 2. The van der Waals surface area contributed by atoms with Crippen LogP contribution in [0.1, 0.15) is 149 Å². The number of H-pyrrole nitrogens is 3. The van der Waals surface area contributed by atoms with E-state index in [-0.39, 0.29) is 94.8 Å². The number of hydrogen-bond donors (Lipinski definition) is 29. The number of nitrogens with one attached hydrogen (secondary N) is 22. The molecule has 1 aliphatic heterocycles. The molecule has 3 aromatic heterocycles. The van der Waals surface area contributed by atoms with Crippen molar-refractivity contribution in [2.24, 2.45) is 23.1 Å². The van der Waals surface area contributed by atoms with Gasteiger partial charge in [-0.2, -0.15) is 25.3 Å². The minimum Gasteiger partial charge on any atom is -0.481 e. The Kier molecular flexibility index (Phi) is 45.0. The normalized spacial score (nSPS) is 24.7. The van der Waals surface area contributed by atoms with Crippen molar-refractivity contribution in [3.8, 4) is 0 Å². The first-order valence-corrected chi connectivity index (χ1v) is 45.2. The van der Waals surface area contributed by atoms with Crippen LogP contribution in [0.4, 0.5) is 0 Å². The molecule has 0 spiro atoms. The summed E-state index contributed by atoms with van der Waals surface area (Å²) in [6.45, 7) is 9.18. The molecule has 2 aromatic carbocycles. The van der Waals surface area contributed by atoms with Crippen molar-refractivity contribution in [2.45, 2.75) is 248 Å². The molecule has 17 amide bonds. The van der Waals surface area contributed by atoms with Gasteiger partial charge in [0, 0.05) is 96.2 Å². The number of aliphatic carboxylic acids is 2. The van der Waals surface area contributed by atoms with E-state index in [0.29, 0.717) is 45.8 Å². The number of rotatable bonds is 28. The summed E-state index contributed by atoms with van der Waals surface area (Å²) in [4.78, 5) is 281. The Morgan fingerprint density at radius 3 is 1.15 bits per heavy atom. The van der Waals surface area contributed by atoms with Crippen LogP contribution in [0.15, 0.2) is 73.4 Å². The second-order valence-electron chi connectivity index (χ2n) is 32.9. The Balaban J connectivity index is 1.38. The molecular weight excluding hydrogens is 1790 g/mol. The van der Waals surface area contributed by atoms with E-state index >= 15 is 14.4 Å². The maximum atomic E-state index is 15.1. The van der Waals surface area contributed by atoms with Gasteiger partial charge in [-0.05, 0) is 148 Å². The lowest BCUT2D eigenvalue weighted by atomic mass is 10.00. The van der Waals surface area contributed by atoms with E-state index < -0.39 is 259 Å². The van der Waals surface area contributed by atoms with Crippen LogP contribution >= 0.6 is 25.3 Å². The number of aromatic amines is 3. The maximum absolute atomic E-state index is 15.1. The number of benzene rings is 2. The minimum atomic E-state index is -1.85. The van der Waals surface area contributed by atoms with Crippen LogP contribution in [0.5, 0.6) is 0 Å². The number of carbonyl (C=O) groups is 19. The van der Waals surface area contributed by atoms with Crippen molar-refractivity contribution < 1.29 is 101 Å². The summed E-state index contributed by atoms with van der Waals surface area (Å²) in [7, 11) is 0. The highest BCUT2D eigenvalue weighted by Gasteiger charge is 2.39. The highest BCUT2D eigenvalue weighted by atomic mass is 32.1. The first-order valence-electron chi connectivity index (χ1n) is 44.0. The van der Waals surface area contributed by atoms with Gasteiger partial charge in [-0.1, -0.05) is 50.2 Å². The number of hydrogen-bond acceptors (Lipinski definition) is 25. The van der Waals surface area contributed by atoms with E-state index in [0.717, 1.165) is 6.92 Å². The number of guanidine groups is 1. The molecule has 0 unspecified atom stereocenters. The molecule has 0 aliphatic carbocycles.